The van der Waals surface area contributed by atoms with Crippen LogP contribution in [0.1, 0.15) is 5.56 Å². The van der Waals surface area contributed by atoms with Crippen LogP contribution in [0.5, 0.6) is 5.75 Å². The lowest BCUT2D eigenvalue weighted by atomic mass is 10.2. The van der Waals surface area contributed by atoms with Crippen molar-refractivity contribution in [3.63, 3.8) is 0 Å². The van der Waals surface area contributed by atoms with Crippen molar-refractivity contribution < 1.29 is 13.2 Å². The highest BCUT2D eigenvalue weighted by molar-refractivity contribution is 7.92. The molecular weight excluding hydrogens is 280 g/mol. The average Bonchev–Trinajstić information content (AvgIpc) is 2.86. The van der Waals surface area contributed by atoms with Crippen molar-refractivity contribution >= 4 is 15.7 Å². The van der Waals surface area contributed by atoms with Gasteiger partial charge in [0.15, 0.2) is 0 Å². The molecule has 0 aliphatic rings. The summed E-state index contributed by atoms with van der Waals surface area (Å²) in [5.41, 5.74) is 0.640. The zero-order valence-electron chi connectivity index (χ0n) is 10.9. The van der Waals surface area contributed by atoms with Gasteiger partial charge in [-0.15, -0.1) is 0 Å². The minimum atomic E-state index is -3.74. The van der Waals surface area contributed by atoms with Gasteiger partial charge >= 0.3 is 0 Å². The fourth-order valence-electron chi connectivity index (χ4n) is 1.59. The number of aromatic nitrogens is 2. The van der Waals surface area contributed by atoms with E-state index in [9.17, 15) is 8.42 Å². The number of rotatable bonds is 4. The maximum atomic E-state index is 12.2. The lowest BCUT2D eigenvalue weighted by molar-refractivity contribution is 0.416. The van der Waals surface area contributed by atoms with Crippen molar-refractivity contribution in [3.05, 3.63) is 36.2 Å². The van der Waals surface area contributed by atoms with Gasteiger partial charge in [-0.05, 0) is 12.1 Å². The predicted molar refractivity (Wildman–Crippen MR) is 71.7 cm³/mol. The van der Waals surface area contributed by atoms with Gasteiger partial charge in [0, 0.05) is 19.3 Å². The summed E-state index contributed by atoms with van der Waals surface area (Å²) in [5, 5.41) is 12.6. The average molecular weight is 292 g/mol. The van der Waals surface area contributed by atoms with E-state index in [0.717, 1.165) is 0 Å². The normalized spacial score (nSPS) is 10.8. The van der Waals surface area contributed by atoms with E-state index in [1.165, 1.54) is 42.4 Å². The largest absolute Gasteiger partial charge is 0.495 e. The van der Waals surface area contributed by atoms with Gasteiger partial charge in [0.1, 0.15) is 10.6 Å². The van der Waals surface area contributed by atoms with Crippen LogP contribution in [-0.4, -0.2) is 25.3 Å². The van der Waals surface area contributed by atoms with Gasteiger partial charge in [-0.2, -0.15) is 10.4 Å². The highest BCUT2D eigenvalue weighted by atomic mass is 32.2. The van der Waals surface area contributed by atoms with Crippen molar-refractivity contribution in [2.45, 2.75) is 4.90 Å². The van der Waals surface area contributed by atoms with Crippen LogP contribution in [-0.2, 0) is 17.1 Å². The number of hydrogen-bond donors (Lipinski definition) is 1. The molecule has 0 unspecified atom stereocenters. The summed E-state index contributed by atoms with van der Waals surface area (Å²) in [6.07, 6.45) is 2.64. The second kappa shape index (κ2) is 5.22. The Balaban J connectivity index is 2.37. The van der Waals surface area contributed by atoms with E-state index < -0.39 is 10.0 Å². The van der Waals surface area contributed by atoms with E-state index in [1.807, 2.05) is 6.07 Å². The summed E-state index contributed by atoms with van der Waals surface area (Å²) in [5.74, 6) is 0.275. The van der Waals surface area contributed by atoms with E-state index in [1.54, 1.807) is 7.05 Å². The quantitative estimate of drug-likeness (QED) is 0.910. The van der Waals surface area contributed by atoms with E-state index in [2.05, 4.69) is 9.82 Å². The molecule has 7 nitrogen and oxygen atoms in total. The number of methoxy groups -OCH3 is 1. The van der Waals surface area contributed by atoms with Gasteiger partial charge in [-0.3, -0.25) is 9.40 Å². The molecule has 104 valence electrons. The van der Waals surface area contributed by atoms with Gasteiger partial charge in [0.2, 0.25) is 0 Å². The van der Waals surface area contributed by atoms with Crippen LogP contribution in [0.25, 0.3) is 0 Å². The molecule has 0 saturated heterocycles. The monoisotopic (exact) mass is 292 g/mol. The third-order valence-corrected chi connectivity index (χ3v) is 3.89. The first-order valence-electron chi connectivity index (χ1n) is 5.56. The van der Waals surface area contributed by atoms with Crippen LogP contribution in [0.4, 0.5) is 5.69 Å². The van der Waals surface area contributed by atoms with E-state index in [0.29, 0.717) is 5.56 Å². The van der Waals surface area contributed by atoms with Crippen molar-refractivity contribution in [1.82, 2.24) is 9.78 Å². The number of nitriles is 1. The Morgan fingerprint density at radius 1 is 1.45 bits per heavy atom. The number of sulfonamides is 1. The van der Waals surface area contributed by atoms with Gasteiger partial charge in [-0.1, -0.05) is 0 Å². The van der Waals surface area contributed by atoms with Gasteiger partial charge < -0.3 is 4.74 Å². The van der Waals surface area contributed by atoms with Crippen LogP contribution in [0.15, 0.2) is 35.5 Å². The smallest absolute Gasteiger partial charge is 0.265 e. The van der Waals surface area contributed by atoms with Crippen LogP contribution in [0.2, 0.25) is 0 Å². The first-order valence-corrected chi connectivity index (χ1v) is 7.04. The first kappa shape index (κ1) is 13.9. The summed E-state index contributed by atoms with van der Waals surface area (Å²) in [7, 11) is -0.713. The molecule has 0 saturated carbocycles. The van der Waals surface area contributed by atoms with Crippen molar-refractivity contribution in [2.24, 2.45) is 7.05 Å². The Morgan fingerprint density at radius 3 is 2.75 bits per heavy atom. The second-order valence-corrected chi connectivity index (χ2v) is 5.66. The number of anilines is 1. The topological polar surface area (TPSA) is 97.0 Å². The fraction of sp³-hybridized carbons (Fsp3) is 0.167. The zero-order chi connectivity index (χ0) is 14.8. The number of hydrogen-bond acceptors (Lipinski definition) is 5. The summed E-state index contributed by atoms with van der Waals surface area (Å²) in [6, 6.07) is 6.40. The summed E-state index contributed by atoms with van der Waals surface area (Å²) in [4.78, 5) is 0.0476. The molecule has 1 N–H and O–H groups in total. The molecule has 2 aromatic rings. The molecule has 0 fully saturated rings. The Bertz CT molecular complexity index is 774. The van der Waals surface area contributed by atoms with Crippen LogP contribution >= 0.6 is 0 Å². The number of nitrogens with zero attached hydrogens (tertiary/aromatic N) is 3. The minimum absolute atomic E-state index is 0.0476. The Labute approximate surface area is 116 Å². The summed E-state index contributed by atoms with van der Waals surface area (Å²) < 4.78 is 33.2. The van der Waals surface area contributed by atoms with Gasteiger partial charge in [-0.25, -0.2) is 8.42 Å². The third-order valence-electron chi connectivity index (χ3n) is 2.57. The Hall–Kier alpha value is -2.53. The molecule has 0 spiro atoms. The fourth-order valence-corrected chi connectivity index (χ4v) is 2.64. The highest BCUT2D eigenvalue weighted by Crippen LogP contribution is 2.27. The highest BCUT2D eigenvalue weighted by Gasteiger charge is 2.18. The number of aryl methyl sites for hydroxylation is 1. The van der Waals surface area contributed by atoms with Gasteiger partial charge in [0.05, 0.1) is 30.6 Å². The molecule has 0 atom stereocenters. The van der Waals surface area contributed by atoms with Crippen LogP contribution in [0, 0.1) is 11.3 Å². The molecule has 0 amide bonds. The Morgan fingerprint density at radius 2 is 2.20 bits per heavy atom. The maximum absolute atomic E-state index is 12.2. The van der Waals surface area contributed by atoms with Crippen molar-refractivity contribution in [1.29, 1.82) is 5.26 Å². The van der Waals surface area contributed by atoms with Crippen molar-refractivity contribution in [2.75, 3.05) is 11.8 Å². The number of ether oxygens (including phenoxy) is 1. The van der Waals surface area contributed by atoms with Crippen LogP contribution in [0.3, 0.4) is 0 Å². The third kappa shape index (κ3) is 2.73. The standard InChI is InChI=1S/C12H12N4O3S/c1-16-8-10(7-14-16)20(17,18)15-11-4-3-9(6-13)5-12(11)19-2/h3-5,7-8,15H,1-2H3. The molecule has 1 heterocycles. The number of benzene rings is 1. The maximum Gasteiger partial charge on any atom is 0.265 e. The molecule has 0 bridgehead atoms. The SMILES string of the molecule is COc1cc(C#N)ccc1NS(=O)(=O)c1cnn(C)c1. The van der Waals surface area contributed by atoms with E-state index >= 15 is 0 Å². The molecule has 2 rings (SSSR count). The lowest BCUT2D eigenvalue weighted by Gasteiger charge is -2.10. The zero-order valence-corrected chi connectivity index (χ0v) is 11.7. The molecule has 0 aliphatic carbocycles. The van der Waals surface area contributed by atoms with Crippen molar-refractivity contribution in [3.8, 4) is 11.8 Å². The minimum Gasteiger partial charge on any atom is -0.495 e. The van der Waals surface area contributed by atoms with Crippen LogP contribution < -0.4 is 9.46 Å². The molecule has 20 heavy (non-hydrogen) atoms. The molecular formula is C12H12N4O3S. The molecule has 1 aromatic carbocycles. The predicted octanol–water partition coefficient (Wildman–Crippen LogP) is 1.10. The first-order chi connectivity index (χ1) is 9.46. The summed E-state index contributed by atoms with van der Waals surface area (Å²) >= 11 is 0. The van der Waals surface area contributed by atoms with E-state index in [-0.39, 0.29) is 16.3 Å². The summed E-state index contributed by atoms with van der Waals surface area (Å²) in [6.45, 7) is 0. The number of nitrogens with one attached hydrogen (secondary N) is 1. The lowest BCUT2D eigenvalue weighted by Crippen LogP contribution is -2.13. The van der Waals surface area contributed by atoms with E-state index in [4.69, 9.17) is 10.00 Å². The Kier molecular flexibility index (Phi) is 3.63. The molecule has 8 heteroatoms. The molecule has 1 aromatic heterocycles. The molecule has 0 radical (unpaired) electrons. The second-order valence-electron chi connectivity index (χ2n) is 3.98. The molecule has 0 aliphatic heterocycles. The van der Waals surface area contributed by atoms with Gasteiger partial charge in [0.25, 0.3) is 10.0 Å².